The number of benzene rings is 1. The second-order valence-electron chi connectivity index (χ2n) is 3.59. The molecule has 0 saturated carbocycles. The van der Waals surface area contributed by atoms with Crippen molar-refractivity contribution < 1.29 is 14.3 Å². The van der Waals surface area contributed by atoms with Crippen molar-refractivity contribution in [2.75, 3.05) is 6.54 Å². The topological polar surface area (TPSA) is 73.1 Å². The number of carbonyl (C=O) groups is 1. The second-order valence-corrected chi connectivity index (χ2v) is 3.59. The highest BCUT2D eigenvalue weighted by atomic mass is 19.1. The van der Waals surface area contributed by atoms with Crippen LogP contribution in [0.3, 0.4) is 0 Å². The molecule has 0 aliphatic rings. The minimum Gasteiger partial charge on any atom is -0.481 e. The molecule has 1 aromatic carbocycles. The molecule has 4 nitrogen and oxygen atoms in total. The van der Waals surface area contributed by atoms with E-state index in [9.17, 15) is 9.18 Å². The van der Waals surface area contributed by atoms with E-state index >= 15 is 0 Å². The van der Waals surface area contributed by atoms with Crippen LogP contribution >= 0.6 is 0 Å². The van der Waals surface area contributed by atoms with Gasteiger partial charge in [-0.05, 0) is 36.7 Å². The SMILES string of the molecule is N#Cc1ccc(F)cc1CNCCCC(=O)O. The summed E-state index contributed by atoms with van der Waals surface area (Å²) < 4.78 is 12.9. The number of hydrogen-bond acceptors (Lipinski definition) is 3. The lowest BCUT2D eigenvalue weighted by Gasteiger charge is -2.05. The summed E-state index contributed by atoms with van der Waals surface area (Å²) in [7, 11) is 0. The third-order valence-corrected chi connectivity index (χ3v) is 2.25. The molecule has 0 radical (unpaired) electrons. The van der Waals surface area contributed by atoms with Crippen LogP contribution in [0.5, 0.6) is 0 Å². The molecular weight excluding hydrogens is 223 g/mol. The molecule has 0 aromatic heterocycles. The number of carboxylic acid groups (broad SMARTS) is 1. The van der Waals surface area contributed by atoms with Crippen molar-refractivity contribution in [3.05, 3.63) is 35.1 Å². The van der Waals surface area contributed by atoms with Crippen molar-refractivity contribution in [2.24, 2.45) is 0 Å². The molecule has 0 aliphatic carbocycles. The molecule has 0 spiro atoms. The van der Waals surface area contributed by atoms with Crippen LogP contribution in [0.1, 0.15) is 24.0 Å². The minimum absolute atomic E-state index is 0.0985. The summed E-state index contributed by atoms with van der Waals surface area (Å²) in [6, 6.07) is 5.97. The number of aliphatic carboxylic acids is 1. The van der Waals surface area contributed by atoms with Gasteiger partial charge in [0.25, 0.3) is 0 Å². The lowest BCUT2D eigenvalue weighted by atomic mass is 10.1. The lowest BCUT2D eigenvalue weighted by molar-refractivity contribution is -0.137. The predicted octanol–water partition coefficient (Wildman–Crippen LogP) is 1.65. The Balaban J connectivity index is 2.43. The zero-order chi connectivity index (χ0) is 12.7. The Labute approximate surface area is 98.7 Å². The van der Waals surface area contributed by atoms with Crippen molar-refractivity contribution in [1.82, 2.24) is 5.32 Å². The van der Waals surface area contributed by atoms with Crippen LogP contribution in [0.4, 0.5) is 4.39 Å². The van der Waals surface area contributed by atoms with Crippen molar-refractivity contribution >= 4 is 5.97 Å². The Morgan fingerprint density at radius 1 is 1.53 bits per heavy atom. The van der Waals surface area contributed by atoms with Gasteiger partial charge in [-0.15, -0.1) is 0 Å². The molecule has 0 unspecified atom stereocenters. The Kier molecular flexibility index (Phi) is 5.11. The average molecular weight is 236 g/mol. The predicted molar refractivity (Wildman–Crippen MR) is 59.7 cm³/mol. The second kappa shape index (κ2) is 6.61. The van der Waals surface area contributed by atoms with Crippen LogP contribution < -0.4 is 5.32 Å². The highest BCUT2D eigenvalue weighted by Crippen LogP contribution is 2.10. The van der Waals surface area contributed by atoms with Gasteiger partial charge in [-0.3, -0.25) is 4.79 Å². The van der Waals surface area contributed by atoms with Gasteiger partial charge in [0.1, 0.15) is 5.82 Å². The van der Waals surface area contributed by atoms with Crippen molar-refractivity contribution in [3.63, 3.8) is 0 Å². The molecule has 0 heterocycles. The summed E-state index contributed by atoms with van der Waals surface area (Å²) in [5.41, 5.74) is 1.01. The van der Waals surface area contributed by atoms with Crippen LogP contribution in [0.2, 0.25) is 0 Å². The molecule has 0 aliphatic heterocycles. The quantitative estimate of drug-likeness (QED) is 0.736. The van der Waals surface area contributed by atoms with Crippen LogP contribution in [-0.2, 0) is 11.3 Å². The standard InChI is InChI=1S/C12H13FN2O2/c13-11-4-3-9(7-14)10(6-11)8-15-5-1-2-12(16)17/h3-4,6,15H,1-2,5,8H2,(H,16,17). The molecule has 0 bridgehead atoms. The van der Waals surface area contributed by atoms with Crippen molar-refractivity contribution in [1.29, 1.82) is 5.26 Å². The maximum atomic E-state index is 12.9. The first-order valence-corrected chi connectivity index (χ1v) is 5.24. The van der Waals surface area contributed by atoms with Crippen LogP contribution in [0.25, 0.3) is 0 Å². The molecule has 1 rings (SSSR count). The number of hydrogen-bond donors (Lipinski definition) is 2. The first-order valence-electron chi connectivity index (χ1n) is 5.24. The number of carboxylic acids is 1. The number of nitrogens with zero attached hydrogens (tertiary/aromatic N) is 1. The van der Waals surface area contributed by atoms with E-state index in [1.807, 2.05) is 6.07 Å². The molecule has 1 aromatic rings. The molecule has 2 N–H and O–H groups in total. The van der Waals surface area contributed by atoms with E-state index in [2.05, 4.69) is 5.32 Å². The molecule has 0 fully saturated rings. The summed E-state index contributed by atoms with van der Waals surface area (Å²) >= 11 is 0. The Morgan fingerprint density at radius 3 is 2.94 bits per heavy atom. The van der Waals surface area contributed by atoms with E-state index in [1.54, 1.807) is 0 Å². The normalized spacial score (nSPS) is 9.88. The van der Waals surface area contributed by atoms with E-state index in [0.29, 0.717) is 30.6 Å². The molecule has 5 heteroatoms. The summed E-state index contributed by atoms with van der Waals surface area (Å²) in [6.45, 7) is 0.883. The maximum absolute atomic E-state index is 12.9. The van der Waals surface area contributed by atoms with E-state index in [4.69, 9.17) is 10.4 Å². The molecule has 0 saturated heterocycles. The highest BCUT2D eigenvalue weighted by Gasteiger charge is 2.03. The van der Waals surface area contributed by atoms with Gasteiger partial charge >= 0.3 is 5.97 Å². The fraction of sp³-hybridized carbons (Fsp3) is 0.333. The number of halogens is 1. The first-order chi connectivity index (χ1) is 8.13. The van der Waals surface area contributed by atoms with Gasteiger partial charge < -0.3 is 10.4 Å². The van der Waals surface area contributed by atoms with Gasteiger partial charge in [0.15, 0.2) is 0 Å². The maximum Gasteiger partial charge on any atom is 0.303 e. The van der Waals surface area contributed by atoms with Gasteiger partial charge in [-0.1, -0.05) is 0 Å². The molecule has 0 amide bonds. The third-order valence-electron chi connectivity index (χ3n) is 2.25. The molecule has 17 heavy (non-hydrogen) atoms. The van der Waals surface area contributed by atoms with E-state index in [-0.39, 0.29) is 12.2 Å². The van der Waals surface area contributed by atoms with Crippen molar-refractivity contribution in [3.8, 4) is 6.07 Å². The molecular formula is C12H13FN2O2. The fourth-order valence-corrected chi connectivity index (χ4v) is 1.41. The first kappa shape index (κ1) is 13.1. The Hall–Kier alpha value is -1.93. The largest absolute Gasteiger partial charge is 0.481 e. The van der Waals surface area contributed by atoms with Gasteiger partial charge in [0, 0.05) is 13.0 Å². The smallest absolute Gasteiger partial charge is 0.303 e. The monoisotopic (exact) mass is 236 g/mol. The van der Waals surface area contributed by atoms with Gasteiger partial charge in [0.05, 0.1) is 11.6 Å². The summed E-state index contributed by atoms with van der Waals surface area (Å²) in [5, 5.41) is 20.2. The van der Waals surface area contributed by atoms with Gasteiger partial charge in [-0.2, -0.15) is 5.26 Å². The highest BCUT2D eigenvalue weighted by molar-refractivity contribution is 5.66. The zero-order valence-electron chi connectivity index (χ0n) is 9.24. The van der Waals surface area contributed by atoms with Gasteiger partial charge in [0.2, 0.25) is 0 Å². The fourth-order valence-electron chi connectivity index (χ4n) is 1.41. The minimum atomic E-state index is -0.838. The van der Waals surface area contributed by atoms with Crippen LogP contribution in [0.15, 0.2) is 18.2 Å². The van der Waals surface area contributed by atoms with E-state index < -0.39 is 5.97 Å². The molecule has 90 valence electrons. The number of nitriles is 1. The Bertz CT molecular complexity index is 441. The summed E-state index contributed by atoms with van der Waals surface area (Å²) in [5.74, 6) is -1.22. The van der Waals surface area contributed by atoms with E-state index in [0.717, 1.165) is 0 Å². The van der Waals surface area contributed by atoms with Crippen molar-refractivity contribution in [2.45, 2.75) is 19.4 Å². The third kappa shape index (κ3) is 4.62. The number of nitrogens with one attached hydrogen (secondary N) is 1. The lowest BCUT2D eigenvalue weighted by Crippen LogP contribution is -2.16. The van der Waals surface area contributed by atoms with Gasteiger partial charge in [-0.25, -0.2) is 4.39 Å². The number of rotatable bonds is 6. The zero-order valence-corrected chi connectivity index (χ0v) is 9.24. The Morgan fingerprint density at radius 2 is 2.29 bits per heavy atom. The summed E-state index contributed by atoms with van der Waals surface area (Å²) in [4.78, 5) is 10.3. The van der Waals surface area contributed by atoms with Crippen LogP contribution in [0, 0.1) is 17.1 Å². The van der Waals surface area contributed by atoms with E-state index in [1.165, 1.54) is 18.2 Å². The summed E-state index contributed by atoms with van der Waals surface area (Å²) in [6.07, 6.45) is 0.605. The average Bonchev–Trinajstić information content (AvgIpc) is 2.28. The van der Waals surface area contributed by atoms with Crippen LogP contribution in [-0.4, -0.2) is 17.6 Å². The molecule has 0 atom stereocenters.